The van der Waals surface area contributed by atoms with Gasteiger partial charge in [-0.25, -0.2) is 12.7 Å². The summed E-state index contributed by atoms with van der Waals surface area (Å²) in [4.78, 5) is 15.2. The largest absolute Gasteiger partial charge is 0.493 e. The number of sulfonamides is 1. The number of carbonyl (C=O) groups is 1. The lowest BCUT2D eigenvalue weighted by Crippen LogP contribution is -2.43. The Hall–Kier alpha value is -2.88. The first-order chi connectivity index (χ1) is 17.3. The highest BCUT2D eigenvalue weighted by molar-refractivity contribution is 7.90. The van der Waals surface area contributed by atoms with E-state index in [0.29, 0.717) is 12.8 Å². The first kappa shape index (κ1) is 23.5. The molecule has 2 unspecified atom stereocenters. The van der Waals surface area contributed by atoms with Crippen molar-refractivity contribution in [3.8, 4) is 11.5 Å². The van der Waals surface area contributed by atoms with Crippen LogP contribution < -0.4 is 9.47 Å². The topological polar surface area (TPSA) is 96.4 Å². The number of rotatable bonds is 6. The van der Waals surface area contributed by atoms with Gasteiger partial charge in [0.1, 0.15) is 11.0 Å². The van der Waals surface area contributed by atoms with Crippen molar-refractivity contribution in [1.29, 1.82) is 0 Å². The Morgan fingerprint density at radius 1 is 1.17 bits per heavy atom. The molecule has 190 valence electrons. The van der Waals surface area contributed by atoms with Gasteiger partial charge in [-0.05, 0) is 56.1 Å². The SMILES string of the molecule is COc1ccc2c3c1OC1C[C@@H](O)C=CC31CCN(CCCCN1C(=O)c3ccccc3S1(=O)=O)C2. The summed E-state index contributed by atoms with van der Waals surface area (Å²) in [5.74, 6) is 1.08. The molecule has 0 aromatic heterocycles. The van der Waals surface area contributed by atoms with Crippen LogP contribution in [0.3, 0.4) is 0 Å². The monoisotopic (exact) mass is 510 g/mol. The molecule has 0 saturated heterocycles. The quantitative estimate of drug-likeness (QED) is 0.472. The number of fused-ring (bicyclic) bond motifs is 1. The minimum atomic E-state index is -3.76. The van der Waals surface area contributed by atoms with Crippen molar-refractivity contribution >= 4 is 15.9 Å². The summed E-state index contributed by atoms with van der Waals surface area (Å²) in [6.07, 6.45) is 6.16. The van der Waals surface area contributed by atoms with Crippen molar-refractivity contribution in [2.24, 2.45) is 0 Å². The summed E-state index contributed by atoms with van der Waals surface area (Å²) in [5.41, 5.74) is 2.34. The zero-order chi connectivity index (χ0) is 25.1. The molecule has 0 bridgehead atoms. The second kappa shape index (κ2) is 8.61. The number of hydrogen-bond donors (Lipinski definition) is 1. The first-order valence-corrected chi connectivity index (χ1v) is 13.9. The van der Waals surface area contributed by atoms with Crippen LogP contribution in [0.4, 0.5) is 0 Å². The molecule has 36 heavy (non-hydrogen) atoms. The van der Waals surface area contributed by atoms with Gasteiger partial charge in [0.05, 0.1) is 24.2 Å². The van der Waals surface area contributed by atoms with Crippen LogP contribution in [-0.4, -0.2) is 67.6 Å². The Balaban J connectivity index is 1.16. The average molecular weight is 511 g/mol. The third-order valence-electron chi connectivity index (χ3n) is 8.03. The maximum Gasteiger partial charge on any atom is 0.269 e. The van der Waals surface area contributed by atoms with Crippen LogP contribution in [0.5, 0.6) is 11.5 Å². The van der Waals surface area contributed by atoms with Crippen LogP contribution in [-0.2, 0) is 22.0 Å². The van der Waals surface area contributed by atoms with Crippen LogP contribution in [0.25, 0.3) is 0 Å². The van der Waals surface area contributed by atoms with E-state index in [1.807, 2.05) is 12.1 Å². The lowest BCUT2D eigenvalue weighted by atomic mass is 9.69. The fourth-order valence-corrected chi connectivity index (χ4v) is 7.84. The number of benzene rings is 2. The van der Waals surface area contributed by atoms with Crippen molar-refractivity contribution in [2.45, 2.75) is 54.7 Å². The molecule has 1 amide bonds. The maximum atomic E-state index is 12.8. The molecular weight excluding hydrogens is 480 g/mol. The number of unbranched alkanes of at least 4 members (excludes halogenated alkanes) is 1. The van der Waals surface area contributed by atoms with Gasteiger partial charge in [-0.1, -0.05) is 30.4 Å². The molecule has 0 radical (unpaired) electrons. The van der Waals surface area contributed by atoms with E-state index in [4.69, 9.17) is 9.47 Å². The molecule has 1 spiro atoms. The lowest BCUT2D eigenvalue weighted by molar-refractivity contribution is 0.0809. The van der Waals surface area contributed by atoms with E-state index in [9.17, 15) is 18.3 Å². The molecule has 4 aliphatic rings. The van der Waals surface area contributed by atoms with Gasteiger partial charge < -0.3 is 14.6 Å². The van der Waals surface area contributed by atoms with Gasteiger partial charge in [0.25, 0.3) is 15.9 Å². The summed E-state index contributed by atoms with van der Waals surface area (Å²) in [5, 5.41) is 10.2. The Bertz CT molecular complexity index is 1360. The Kier molecular flexibility index (Phi) is 5.62. The number of hydrogen-bond acceptors (Lipinski definition) is 7. The Labute approximate surface area is 211 Å². The molecule has 2 aromatic rings. The molecule has 9 heteroatoms. The Morgan fingerprint density at radius 3 is 2.78 bits per heavy atom. The van der Waals surface area contributed by atoms with Gasteiger partial charge in [-0.15, -0.1) is 0 Å². The standard InChI is InChI=1S/C27H30N2O6S/c1-34-21-9-8-18-17-28(15-12-27-11-10-19(30)16-23(27)35-25(21)24(18)27)13-4-5-14-29-26(31)20-6-2-3-7-22(20)36(29,32)33/h2-3,6-11,19,23,30H,4-5,12-17H2,1H3/t19-,23?,27?/m0/s1. The molecule has 3 heterocycles. The zero-order valence-electron chi connectivity index (χ0n) is 20.2. The van der Waals surface area contributed by atoms with Crippen LogP contribution in [0.1, 0.15) is 47.2 Å². The minimum absolute atomic E-state index is 0.104. The molecule has 3 aliphatic heterocycles. The van der Waals surface area contributed by atoms with Gasteiger partial charge in [-0.3, -0.25) is 9.69 Å². The molecule has 1 aliphatic carbocycles. The fourth-order valence-electron chi connectivity index (χ4n) is 6.23. The van der Waals surface area contributed by atoms with E-state index in [1.54, 1.807) is 25.3 Å². The van der Waals surface area contributed by atoms with E-state index in [0.717, 1.165) is 48.3 Å². The number of nitrogens with zero attached hydrogens (tertiary/aromatic N) is 2. The highest BCUT2D eigenvalue weighted by atomic mass is 32.2. The van der Waals surface area contributed by atoms with E-state index in [2.05, 4.69) is 17.0 Å². The number of amides is 1. The predicted octanol–water partition coefficient (Wildman–Crippen LogP) is 2.85. The fraction of sp³-hybridized carbons (Fsp3) is 0.444. The van der Waals surface area contributed by atoms with Crippen LogP contribution in [0, 0.1) is 0 Å². The number of ether oxygens (including phenoxy) is 2. The second-order valence-electron chi connectivity index (χ2n) is 10.1. The summed E-state index contributed by atoms with van der Waals surface area (Å²) in [7, 11) is -2.11. The first-order valence-electron chi connectivity index (χ1n) is 12.5. The van der Waals surface area contributed by atoms with Crippen molar-refractivity contribution in [3.63, 3.8) is 0 Å². The predicted molar refractivity (Wildman–Crippen MR) is 133 cm³/mol. The van der Waals surface area contributed by atoms with Crippen molar-refractivity contribution in [2.75, 3.05) is 26.7 Å². The second-order valence-corrected chi connectivity index (χ2v) is 11.9. The molecule has 2 aromatic carbocycles. The third kappa shape index (κ3) is 3.48. The molecule has 0 fully saturated rings. The molecular formula is C27H30N2O6S. The van der Waals surface area contributed by atoms with Gasteiger partial charge in [0, 0.05) is 25.1 Å². The summed E-state index contributed by atoms with van der Waals surface area (Å²) in [6.45, 7) is 2.59. The number of methoxy groups -OCH3 is 1. The normalized spacial score (nSPS) is 27.7. The van der Waals surface area contributed by atoms with Crippen molar-refractivity contribution in [3.05, 3.63) is 65.2 Å². The van der Waals surface area contributed by atoms with E-state index >= 15 is 0 Å². The molecule has 3 atom stereocenters. The minimum Gasteiger partial charge on any atom is -0.493 e. The number of carbonyl (C=O) groups excluding carboxylic acids is 1. The number of aliphatic hydroxyl groups is 1. The molecule has 8 nitrogen and oxygen atoms in total. The van der Waals surface area contributed by atoms with Gasteiger partial charge in [-0.2, -0.15) is 0 Å². The highest BCUT2D eigenvalue weighted by Crippen LogP contribution is 2.55. The smallest absolute Gasteiger partial charge is 0.269 e. The average Bonchev–Trinajstić information content (AvgIpc) is 3.22. The van der Waals surface area contributed by atoms with Gasteiger partial charge in [0.2, 0.25) is 0 Å². The van der Waals surface area contributed by atoms with Crippen LogP contribution in [0.15, 0.2) is 53.4 Å². The van der Waals surface area contributed by atoms with E-state index < -0.39 is 22.0 Å². The molecule has 6 rings (SSSR count). The number of aliphatic hydroxyl groups excluding tert-OH is 1. The highest BCUT2D eigenvalue weighted by Gasteiger charge is 2.52. The molecule has 1 N–H and O–H groups in total. The summed E-state index contributed by atoms with van der Waals surface area (Å²) < 4.78 is 38.6. The van der Waals surface area contributed by atoms with Crippen molar-refractivity contribution < 1.29 is 27.8 Å². The van der Waals surface area contributed by atoms with Gasteiger partial charge >= 0.3 is 0 Å². The lowest BCUT2D eigenvalue weighted by Gasteiger charge is -2.36. The summed E-state index contributed by atoms with van der Waals surface area (Å²) in [6, 6.07) is 10.5. The van der Waals surface area contributed by atoms with Crippen molar-refractivity contribution in [1.82, 2.24) is 9.21 Å². The summed E-state index contributed by atoms with van der Waals surface area (Å²) >= 11 is 0. The zero-order valence-corrected chi connectivity index (χ0v) is 21.0. The Morgan fingerprint density at radius 2 is 1.97 bits per heavy atom. The van der Waals surface area contributed by atoms with Crippen LogP contribution >= 0.6 is 0 Å². The van der Waals surface area contributed by atoms with Crippen LogP contribution in [0.2, 0.25) is 0 Å². The van der Waals surface area contributed by atoms with E-state index in [1.165, 1.54) is 17.2 Å². The van der Waals surface area contributed by atoms with E-state index in [-0.39, 0.29) is 28.5 Å². The van der Waals surface area contributed by atoms with Gasteiger partial charge in [0.15, 0.2) is 11.5 Å². The maximum absolute atomic E-state index is 12.8. The third-order valence-corrected chi connectivity index (χ3v) is 9.87. The molecule has 0 saturated carbocycles.